The number of ether oxygens (including phenoxy) is 1. The zero-order valence-corrected chi connectivity index (χ0v) is 10.0. The lowest BCUT2D eigenvalue weighted by Crippen LogP contribution is -2.59. The van der Waals surface area contributed by atoms with Crippen LogP contribution < -0.4 is 5.32 Å². The first-order valence-corrected chi connectivity index (χ1v) is 6.35. The number of likely N-dealkylation sites (N-methyl/N-ethyl adjacent to an activating group) is 1. The monoisotopic (exact) mass is 212 g/mol. The average Bonchev–Trinajstić information content (AvgIpc) is 2.16. The maximum Gasteiger partial charge on any atom is 0.0590 e. The van der Waals surface area contributed by atoms with E-state index in [1.807, 2.05) is 0 Å². The van der Waals surface area contributed by atoms with Crippen molar-refractivity contribution in [1.82, 2.24) is 10.2 Å². The van der Waals surface area contributed by atoms with Crippen LogP contribution in [-0.2, 0) is 4.74 Å². The zero-order chi connectivity index (χ0) is 10.7. The molecule has 0 bridgehead atoms. The second kappa shape index (κ2) is 5.28. The van der Waals surface area contributed by atoms with E-state index >= 15 is 0 Å². The highest BCUT2D eigenvalue weighted by Gasteiger charge is 2.31. The molecule has 2 aliphatic rings. The minimum atomic E-state index is 0.518. The maximum atomic E-state index is 5.79. The summed E-state index contributed by atoms with van der Waals surface area (Å²) in [5.41, 5.74) is 0. The Morgan fingerprint density at radius 3 is 2.73 bits per heavy atom. The summed E-state index contributed by atoms with van der Waals surface area (Å²) in [6.07, 6.45) is 5.44. The molecule has 2 rings (SSSR count). The van der Waals surface area contributed by atoms with E-state index < -0.39 is 0 Å². The molecule has 88 valence electrons. The molecule has 0 aromatic carbocycles. The highest BCUT2D eigenvalue weighted by Crippen LogP contribution is 2.23. The van der Waals surface area contributed by atoms with Gasteiger partial charge in [-0.05, 0) is 26.3 Å². The van der Waals surface area contributed by atoms with E-state index in [1.54, 1.807) is 0 Å². The van der Waals surface area contributed by atoms with Crippen molar-refractivity contribution in [3.05, 3.63) is 0 Å². The van der Waals surface area contributed by atoms with Crippen LogP contribution in [0.25, 0.3) is 0 Å². The van der Waals surface area contributed by atoms with E-state index in [1.165, 1.54) is 38.8 Å². The average molecular weight is 212 g/mol. The van der Waals surface area contributed by atoms with Gasteiger partial charge in [-0.3, -0.25) is 4.90 Å². The molecule has 0 amide bonds. The van der Waals surface area contributed by atoms with Crippen molar-refractivity contribution in [2.24, 2.45) is 0 Å². The maximum absolute atomic E-state index is 5.79. The molecule has 0 aromatic rings. The Kier molecular flexibility index (Phi) is 4.00. The van der Waals surface area contributed by atoms with Crippen molar-refractivity contribution in [3.8, 4) is 0 Å². The first-order chi connectivity index (χ1) is 7.31. The van der Waals surface area contributed by atoms with Crippen LogP contribution >= 0.6 is 0 Å². The number of nitrogens with one attached hydrogen (secondary N) is 1. The number of rotatable bonds is 4. The predicted octanol–water partition coefficient (Wildman–Crippen LogP) is 1.24. The molecule has 3 nitrogen and oxygen atoms in total. The van der Waals surface area contributed by atoms with Crippen LogP contribution in [0.15, 0.2) is 0 Å². The fourth-order valence-corrected chi connectivity index (χ4v) is 2.61. The Labute approximate surface area is 93.2 Å². The molecule has 2 aliphatic heterocycles. The van der Waals surface area contributed by atoms with Gasteiger partial charge < -0.3 is 10.1 Å². The summed E-state index contributed by atoms with van der Waals surface area (Å²) >= 11 is 0. The van der Waals surface area contributed by atoms with Gasteiger partial charge in [0.25, 0.3) is 0 Å². The van der Waals surface area contributed by atoms with Gasteiger partial charge in [0.05, 0.1) is 6.10 Å². The third-order valence-electron chi connectivity index (χ3n) is 3.86. The molecule has 0 aliphatic carbocycles. The topological polar surface area (TPSA) is 24.5 Å². The van der Waals surface area contributed by atoms with Gasteiger partial charge in [0, 0.05) is 31.8 Å². The lowest BCUT2D eigenvalue weighted by Gasteiger charge is -2.43. The van der Waals surface area contributed by atoms with E-state index in [-0.39, 0.29) is 0 Å². The van der Waals surface area contributed by atoms with E-state index in [2.05, 4.69) is 24.2 Å². The van der Waals surface area contributed by atoms with Crippen molar-refractivity contribution in [1.29, 1.82) is 0 Å². The Balaban J connectivity index is 1.80. The molecule has 0 spiro atoms. The Morgan fingerprint density at radius 1 is 1.33 bits per heavy atom. The summed E-state index contributed by atoms with van der Waals surface area (Å²) in [5.74, 6) is 0. The molecule has 2 fully saturated rings. The van der Waals surface area contributed by atoms with E-state index in [9.17, 15) is 0 Å². The van der Waals surface area contributed by atoms with Gasteiger partial charge in [-0.1, -0.05) is 13.3 Å². The quantitative estimate of drug-likeness (QED) is 0.759. The molecule has 3 heteroatoms. The second-order valence-electron chi connectivity index (χ2n) is 4.94. The molecular weight excluding hydrogens is 188 g/mol. The van der Waals surface area contributed by atoms with Crippen LogP contribution in [0.5, 0.6) is 0 Å². The number of hydrogen-bond donors (Lipinski definition) is 1. The second-order valence-corrected chi connectivity index (χ2v) is 4.94. The summed E-state index contributed by atoms with van der Waals surface area (Å²) in [6.45, 7) is 5.55. The number of nitrogens with zero attached hydrogens (tertiary/aromatic N) is 1. The third-order valence-corrected chi connectivity index (χ3v) is 3.86. The Bertz CT molecular complexity index is 192. The fourth-order valence-electron chi connectivity index (χ4n) is 2.61. The lowest BCUT2D eigenvalue weighted by molar-refractivity contribution is -0.0380. The zero-order valence-electron chi connectivity index (χ0n) is 10.0. The molecule has 2 saturated heterocycles. The normalized spacial score (nSPS) is 33.0. The van der Waals surface area contributed by atoms with E-state index in [0.717, 1.165) is 18.7 Å². The van der Waals surface area contributed by atoms with Gasteiger partial charge in [0.2, 0.25) is 0 Å². The van der Waals surface area contributed by atoms with Crippen molar-refractivity contribution in [2.75, 3.05) is 26.7 Å². The standard InChI is InChI=1S/C12H24N2O/c1-3-4-12-7-10(5-6-15-12)14(2)11-8-13-9-11/h10-13H,3-9H2,1-2H3. The molecule has 2 atom stereocenters. The summed E-state index contributed by atoms with van der Waals surface area (Å²) in [4.78, 5) is 2.57. The SMILES string of the molecule is CCCC1CC(N(C)C2CNC2)CCO1. The molecule has 15 heavy (non-hydrogen) atoms. The van der Waals surface area contributed by atoms with Gasteiger partial charge >= 0.3 is 0 Å². The molecule has 0 aromatic heterocycles. The van der Waals surface area contributed by atoms with Crippen LogP contribution in [0.1, 0.15) is 32.6 Å². The molecule has 1 N–H and O–H groups in total. The summed E-state index contributed by atoms with van der Waals surface area (Å²) in [6, 6.07) is 1.53. The van der Waals surface area contributed by atoms with Crippen molar-refractivity contribution in [3.63, 3.8) is 0 Å². The number of hydrogen-bond acceptors (Lipinski definition) is 3. The highest BCUT2D eigenvalue weighted by molar-refractivity contribution is 4.88. The first kappa shape index (κ1) is 11.4. The Morgan fingerprint density at radius 2 is 2.13 bits per heavy atom. The molecule has 0 radical (unpaired) electrons. The molecule has 2 heterocycles. The third kappa shape index (κ3) is 2.71. The largest absolute Gasteiger partial charge is 0.378 e. The van der Waals surface area contributed by atoms with E-state index in [0.29, 0.717) is 6.10 Å². The molecular formula is C12H24N2O. The van der Waals surface area contributed by atoms with Gasteiger partial charge in [0.1, 0.15) is 0 Å². The van der Waals surface area contributed by atoms with Crippen LogP contribution in [0.4, 0.5) is 0 Å². The van der Waals surface area contributed by atoms with Crippen LogP contribution in [0, 0.1) is 0 Å². The fraction of sp³-hybridized carbons (Fsp3) is 1.00. The summed E-state index contributed by atoms with van der Waals surface area (Å²) in [5, 5.41) is 3.34. The Hall–Kier alpha value is -0.120. The first-order valence-electron chi connectivity index (χ1n) is 6.35. The van der Waals surface area contributed by atoms with Crippen molar-refractivity contribution >= 4 is 0 Å². The van der Waals surface area contributed by atoms with Gasteiger partial charge in [-0.2, -0.15) is 0 Å². The molecule has 2 unspecified atom stereocenters. The van der Waals surface area contributed by atoms with Crippen LogP contribution in [-0.4, -0.2) is 49.8 Å². The van der Waals surface area contributed by atoms with Crippen molar-refractivity contribution in [2.45, 2.75) is 50.8 Å². The van der Waals surface area contributed by atoms with Gasteiger partial charge in [-0.15, -0.1) is 0 Å². The minimum absolute atomic E-state index is 0.518. The summed E-state index contributed by atoms with van der Waals surface area (Å²) < 4.78 is 5.79. The lowest BCUT2D eigenvalue weighted by atomic mass is 9.97. The predicted molar refractivity (Wildman–Crippen MR) is 62.1 cm³/mol. The van der Waals surface area contributed by atoms with Gasteiger partial charge in [0.15, 0.2) is 0 Å². The van der Waals surface area contributed by atoms with Crippen LogP contribution in [0.2, 0.25) is 0 Å². The van der Waals surface area contributed by atoms with E-state index in [4.69, 9.17) is 4.74 Å². The minimum Gasteiger partial charge on any atom is -0.378 e. The molecule has 0 saturated carbocycles. The van der Waals surface area contributed by atoms with Crippen molar-refractivity contribution < 1.29 is 4.74 Å². The van der Waals surface area contributed by atoms with Gasteiger partial charge in [-0.25, -0.2) is 0 Å². The smallest absolute Gasteiger partial charge is 0.0590 e. The van der Waals surface area contributed by atoms with Crippen LogP contribution in [0.3, 0.4) is 0 Å². The highest BCUT2D eigenvalue weighted by atomic mass is 16.5. The summed E-state index contributed by atoms with van der Waals surface area (Å²) in [7, 11) is 2.28.